The van der Waals surface area contributed by atoms with Gasteiger partial charge >= 0.3 is 0 Å². The van der Waals surface area contributed by atoms with Gasteiger partial charge in [0.1, 0.15) is 23.7 Å². The van der Waals surface area contributed by atoms with E-state index in [1.165, 1.54) is 0 Å². The Morgan fingerprint density at radius 1 is 0.500 bits per heavy atom. The summed E-state index contributed by atoms with van der Waals surface area (Å²) in [5.74, 6) is 0.570. The first-order valence-electron chi connectivity index (χ1n) is 23.7. The molecule has 2 fully saturated rings. The van der Waals surface area contributed by atoms with Gasteiger partial charge in [-0.3, -0.25) is 29.1 Å². The lowest BCUT2D eigenvalue weighted by molar-refractivity contribution is -0.137. The van der Waals surface area contributed by atoms with Gasteiger partial charge in [-0.2, -0.15) is 0 Å². The maximum Gasteiger partial charge on any atom is 0.250 e. The standard InChI is InChI=1S/C56H52N10O4/c67-49(31-37-11-7-27-57-33-37)63-51(43-13-3-1-4-14-43)55(69)65-29-9-17-47(65)53-59-35-45(61-53)41-23-19-39(20-24-41)40-21-25-42(26-22-40)46-36-60-54(62-46)48-18-10-30-66(48)56(70)52(44-15-5-2-6-16-44)64-50(68)32-38-12-8-28-58-34-38/h1-8,11-16,19-28,33-36,47-48,51-52H,9-10,17-18,29-32H2,(H,59,61)(H,60,62)(H,63,67)(H,64,68). The maximum absolute atomic E-state index is 14.3. The van der Waals surface area contributed by atoms with Crippen LogP contribution in [0, 0.1) is 0 Å². The predicted molar refractivity (Wildman–Crippen MR) is 265 cm³/mol. The molecule has 4 atom stereocenters. The summed E-state index contributed by atoms with van der Waals surface area (Å²) >= 11 is 0. The Morgan fingerprint density at radius 2 is 0.900 bits per heavy atom. The van der Waals surface area contributed by atoms with Gasteiger partial charge < -0.3 is 30.4 Å². The highest BCUT2D eigenvalue weighted by Gasteiger charge is 2.38. The smallest absolute Gasteiger partial charge is 0.250 e. The molecule has 70 heavy (non-hydrogen) atoms. The van der Waals surface area contributed by atoms with Crippen LogP contribution in [0.2, 0.25) is 0 Å². The van der Waals surface area contributed by atoms with E-state index in [0.717, 1.165) is 81.6 Å². The molecule has 0 bridgehead atoms. The van der Waals surface area contributed by atoms with Crippen LogP contribution in [0.4, 0.5) is 0 Å². The van der Waals surface area contributed by atoms with Crippen molar-refractivity contribution in [2.75, 3.05) is 13.1 Å². The molecular weight excluding hydrogens is 877 g/mol. The number of nitrogens with one attached hydrogen (secondary N) is 4. The molecule has 0 spiro atoms. The zero-order valence-corrected chi connectivity index (χ0v) is 38.4. The Labute approximate surface area is 405 Å². The molecule has 0 aliphatic carbocycles. The molecule has 4 N–H and O–H groups in total. The fraction of sp³-hybridized carbons (Fsp3) is 0.214. The first-order chi connectivity index (χ1) is 34.3. The van der Waals surface area contributed by atoms with Crippen molar-refractivity contribution < 1.29 is 19.2 Å². The summed E-state index contributed by atoms with van der Waals surface area (Å²) in [7, 11) is 0. The molecule has 10 rings (SSSR count). The molecule has 4 amide bonds. The highest BCUT2D eigenvalue weighted by atomic mass is 16.2. The Balaban J connectivity index is 0.787. The number of aromatic amines is 2. The second kappa shape index (κ2) is 20.8. The van der Waals surface area contributed by atoms with Crippen molar-refractivity contribution in [3.8, 4) is 33.6 Å². The van der Waals surface area contributed by atoms with E-state index in [1.807, 2.05) is 95.0 Å². The average Bonchev–Trinajstić information content (AvgIpc) is 4.27. The van der Waals surface area contributed by atoms with Crippen molar-refractivity contribution in [2.45, 2.75) is 62.7 Å². The highest BCUT2D eigenvalue weighted by Crippen LogP contribution is 2.36. The molecule has 2 aliphatic rings. The largest absolute Gasteiger partial charge is 0.340 e. The number of likely N-dealkylation sites (tertiary alicyclic amines) is 2. The van der Waals surface area contributed by atoms with Crippen molar-refractivity contribution in [3.63, 3.8) is 0 Å². The summed E-state index contributed by atoms with van der Waals surface area (Å²) in [6.45, 7) is 1.12. The Bertz CT molecular complexity index is 2850. The summed E-state index contributed by atoms with van der Waals surface area (Å²) < 4.78 is 0. The molecule has 2 saturated heterocycles. The van der Waals surface area contributed by atoms with Gasteiger partial charge in [0.05, 0.1) is 48.7 Å². The first-order valence-corrected chi connectivity index (χ1v) is 23.7. The van der Waals surface area contributed by atoms with E-state index in [4.69, 9.17) is 9.97 Å². The van der Waals surface area contributed by atoms with Gasteiger partial charge in [0.2, 0.25) is 23.6 Å². The van der Waals surface area contributed by atoms with Crippen molar-refractivity contribution in [1.29, 1.82) is 0 Å². The third-order valence-electron chi connectivity index (χ3n) is 13.2. The van der Waals surface area contributed by atoms with Crippen molar-refractivity contribution in [2.24, 2.45) is 0 Å². The summed E-state index contributed by atoms with van der Waals surface area (Å²) in [4.78, 5) is 83.6. The number of rotatable bonds is 15. The Hall–Kier alpha value is -8.52. The summed E-state index contributed by atoms with van der Waals surface area (Å²) in [6, 6.07) is 40.4. The SMILES string of the molecule is O=C(Cc1cccnc1)NC(C(=O)N1CCCC1c1ncc(-c2ccc(-c3ccc(-c4cnc(C5CCCN5C(=O)C(NC(=O)Cc5cccnc5)c5ccccc5)[nH]4)cc3)cc2)[nH]1)c1ccccc1. The second-order valence-corrected chi connectivity index (χ2v) is 17.8. The van der Waals surface area contributed by atoms with Crippen molar-refractivity contribution in [1.82, 2.24) is 50.3 Å². The van der Waals surface area contributed by atoms with Crippen LogP contribution in [0.5, 0.6) is 0 Å². The summed E-state index contributed by atoms with van der Waals surface area (Å²) in [5, 5.41) is 6.02. The number of hydrogen-bond donors (Lipinski definition) is 4. The normalized spacial score (nSPS) is 16.4. The number of benzene rings is 4. The van der Waals surface area contributed by atoms with Gasteiger partial charge in [0.15, 0.2) is 0 Å². The molecule has 0 radical (unpaired) electrons. The number of imidazole rings is 2. The number of carbonyl (C=O) groups excluding carboxylic acids is 4. The van der Waals surface area contributed by atoms with E-state index < -0.39 is 12.1 Å². The van der Waals surface area contributed by atoms with Crippen LogP contribution < -0.4 is 10.6 Å². The molecule has 6 heterocycles. The predicted octanol–water partition coefficient (Wildman–Crippen LogP) is 8.45. The average molecular weight is 929 g/mol. The van der Waals surface area contributed by atoms with E-state index in [2.05, 4.69) is 79.1 Å². The van der Waals surface area contributed by atoms with Crippen molar-refractivity contribution in [3.05, 3.63) is 205 Å². The molecule has 4 aromatic carbocycles. The van der Waals surface area contributed by atoms with Gasteiger partial charge in [-0.05, 0) is 82.3 Å². The molecular formula is C56H52N10O4. The first kappa shape index (κ1) is 45.3. The highest BCUT2D eigenvalue weighted by molar-refractivity contribution is 5.91. The lowest BCUT2D eigenvalue weighted by Gasteiger charge is -2.28. The number of nitrogens with zero attached hydrogens (tertiary/aromatic N) is 6. The van der Waals surface area contributed by atoms with E-state index in [1.54, 1.807) is 36.9 Å². The Kier molecular flexibility index (Phi) is 13.4. The minimum absolute atomic E-state index is 0.119. The molecule has 350 valence electrons. The fourth-order valence-electron chi connectivity index (χ4n) is 9.62. The third kappa shape index (κ3) is 10.2. The quantitative estimate of drug-likeness (QED) is 0.0790. The minimum atomic E-state index is -0.843. The maximum atomic E-state index is 14.3. The molecule has 8 aromatic rings. The second-order valence-electron chi connectivity index (χ2n) is 17.8. The molecule has 14 nitrogen and oxygen atoms in total. The van der Waals surface area contributed by atoms with Crippen LogP contribution in [0.3, 0.4) is 0 Å². The molecule has 4 aromatic heterocycles. The number of pyridine rings is 2. The third-order valence-corrected chi connectivity index (χ3v) is 13.2. The summed E-state index contributed by atoms with van der Waals surface area (Å²) in [6.07, 6.45) is 13.7. The van der Waals surface area contributed by atoms with Crippen LogP contribution in [-0.4, -0.2) is 76.4 Å². The van der Waals surface area contributed by atoms with Gasteiger partial charge in [-0.15, -0.1) is 0 Å². The topological polar surface area (TPSA) is 182 Å². The molecule has 4 unspecified atom stereocenters. The molecule has 2 aliphatic heterocycles. The number of hydrogen-bond acceptors (Lipinski definition) is 8. The van der Waals surface area contributed by atoms with Gasteiger partial charge in [-0.25, -0.2) is 9.97 Å². The lowest BCUT2D eigenvalue weighted by Crippen LogP contribution is -2.43. The van der Waals surface area contributed by atoms with Crippen LogP contribution >= 0.6 is 0 Å². The van der Waals surface area contributed by atoms with Gasteiger partial charge in [0, 0.05) is 37.9 Å². The number of aromatic nitrogens is 6. The van der Waals surface area contributed by atoms with Crippen LogP contribution in [-0.2, 0) is 32.0 Å². The van der Waals surface area contributed by atoms with E-state index >= 15 is 0 Å². The van der Waals surface area contributed by atoms with E-state index in [9.17, 15) is 19.2 Å². The molecule has 14 heteroatoms. The van der Waals surface area contributed by atoms with E-state index in [-0.39, 0.29) is 48.6 Å². The monoisotopic (exact) mass is 928 g/mol. The zero-order valence-electron chi connectivity index (χ0n) is 38.4. The van der Waals surface area contributed by atoms with Crippen molar-refractivity contribution >= 4 is 23.6 Å². The number of amides is 4. The van der Waals surface area contributed by atoms with Crippen LogP contribution in [0.1, 0.15) is 83.8 Å². The number of H-pyrrole nitrogens is 2. The Morgan fingerprint density at radius 3 is 1.29 bits per heavy atom. The minimum Gasteiger partial charge on any atom is -0.340 e. The van der Waals surface area contributed by atoms with E-state index in [0.29, 0.717) is 24.7 Å². The van der Waals surface area contributed by atoms with Crippen LogP contribution in [0.25, 0.3) is 33.6 Å². The fourth-order valence-corrected chi connectivity index (χ4v) is 9.62. The summed E-state index contributed by atoms with van der Waals surface area (Å²) in [5.41, 5.74) is 8.70. The molecule has 0 saturated carbocycles. The zero-order chi connectivity index (χ0) is 47.8. The van der Waals surface area contributed by atoms with Gasteiger partial charge in [0.25, 0.3) is 0 Å². The van der Waals surface area contributed by atoms with Crippen LogP contribution in [0.15, 0.2) is 171 Å². The number of carbonyl (C=O) groups is 4. The lowest BCUT2D eigenvalue weighted by atomic mass is 10.0. The van der Waals surface area contributed by atoms with Gasteiger partial charge in [-0.1, -0.05) is 121 Å².